The second-order valence-electron chi connectivity index (χ2n) is 14.8. The van der Waals surface area contributed by atoms with Crippen LogP contribution in [-0.2, 0) is 47.9 Å². The largest absolute Gasteiger partial charge is 0.481 e. The topological polar surface area (TPSA) is 388 Å². The number of carbonyl (C=O) groups excluding carboxylic acids is 8. The van der Waals surface area contributed by atoms with Gasteiger partial charge in [0.1, 0.15) is 36.3 Å². The molecule has 0 unspecified atom stereocenters. The van der Waals surface area contributed by atoms with Crippen LogP contribution in [0.4, 0.5) is 0 Å². The third-order valence-electron chi connectivity index (χ3n) is 8.45. The van der Waals surface area contributed by atoms with Crippen molar-refractivity contribution in [2.75, 3.05) is 13.2 Å². The van der Waals surface area contributed by atoms with E-state index in [1.54, 1.807) is 27.7 Å². The number of carboxylic acids is 2. The van der Waals surface area contributed by atoms with Crippen LogP contribution in [0.3, 0.4) is 0 Å². The molecule has 0 saturated carbocycles. The van der Waals surface area contributed by atoms with Crippen LogP contribution >= 0.6 is 0 Å². The van der Waals surface area contributed by atoms with Gasteiger partial charge in [-0.05, 0) is 43.9 Å². The van der Waals surface area contributed by atoms with Crippen LogP contribution < -0.4 is 48.7 Å². The number of aliphatic carboxylic acids is 2. The van der Waals surface area contributed by atoms with Gasteiger partial charge >= 0.3 is 11.9 Å². The molecule has 0 heterocycles. The Morgan fingerprint density at radius 2 is 1.05 bits per heavy atom. The van der Waals surface area contributed by atoms with Crippen molar-refractivity contribution in [1.29, 1.82) is 0 Å². The summed E-state index contributed by atoms with van der Waals surface area (Å²) in [5, 5.41) is 54.7. The van der Waals surface area contributed by atoms with Crippen molar-refractivity contribution in [2.45, 2.75) is 129 Å². The first-order chi connectivity index (χ1) is 26.8. The first-order valence-corrected chi connectivity index (χ1v) is 18.7. The maximum absolute atomic E-state index is 13.3. The summed E-state index contributed by atoms with van der Waals surface area (Å²) in [5.74, 6) is -11.3. The number of aliphatic hydroxyl groups excluding tert-OH is 2. The SMILES string of the molecule is CC(C)C[C@H](NC(=O)[C@H](CCC(N)=O)NC(=O)[C@H](CO)NC(=O)[C@@H](NC(=O)CNC(=O)[C@@H](NC(=O)[C@@H](NC(=O)[C@@H](N)CCC(=O)O)[C@@H](C)O)C(C)C)C(C)C)C(=O)O. The summed E-state index contributed by atoms with van der Waals surface area (Å²) in [6.45, 7) is 9.14. The molecule has 0 spiro atoms. The van der Waals surface area contributed by atoms with Crippen molar-refractivity contribution in [3.8, 4) is 0 Å². The van der Waals surface area contributed by atoms with Gasteiger partial charge in [0.15, 0.2) is 0 Å². The first kappa shape index (κ1) is 52.6. The summed E-state index contributed by atoms with van der Waals surface area (Å²) in [5.41, 5.74) is 10.9. The summed E-state index contributed by atoms with van der Waals surface area (Å²) in [6, 6.07) is -10.0. The number of primary amides is 1. The highest BCUT2D eigenvalue weighted by atomic mass is 16.4. The van der Waals surface area contributed by atoms with E-state index >= 15 is 0 Å². The van der Waals surface area contributed by atoms with Crippen LogP contribution in [0.2, 0.25) is 0 Å². The minimum Gasteiger partial charge on any atom is -0.481 e. The smallest absolute Gasteiger partial charge is 0.326 e. The van der Waals surface area contributed by atoms with Crippen molar-refractivity contribution in [2.24, 2.45) is 29.2 Å². The number of hydrogen-bond acceptors (Lipinski definition) is 13. The molecule has 0 aliphatic carbocycles. The third kappa shape index (κ3) is 19.6. The summed E-state index contributed by atoms with van der Waals surface area (Å²) in [6.07, 6.45) is -2.81. The zero-order chi connectivity index (χ0) is 45.0. The molecule has 0 aromatic rings. The molecule has 0 fully saturated rings. The van der Waals surface area contributed by atoms with Crippen molar-refractivity contribution >= 4 is 59.2 Å². The number of amides is 8. The number of carbonyl (C=O) groups is 10. The highest BCUT2D eigenvalue weighted by Gasteiger charge is 2.34. The molecule has 15 N–H and O–H groups in total. The van der Waals surface area contributed by atoms with Crippen molar-refractivity contribution < 1.29 is 68.4 Å². The van der Waals surface area contributed by atoms with Gasteiger partial charge in [-0.1, -0.05) is 41.5 Å². The molecule has 0 aliphatic heterocycles. The first-order valence-electron chi connectivity index (χ1n) is 18.7. The average Bonchev–Trinajstić information content (AvgIpc) is 3.11. The van der Waals surface area contributed by atoms with E-state index in [0.29, 0.717) is 0 Å². The number of carboxylic acid groups (broad SMARTS) is 2. The fraction of sp³-hybridized carbons (Fsp3) is 0.714. The molecule has 8 atom stereocenters. The summed E-state index contributed by atoms with van der Waals surface area (Å²) in [4.78, 5) is 125. The Kier molecular flexibility index (Phi) is 23.3. The minimum atomic E-state index is -1.69. The van der Waals surface area contributed by atoms with Crippen molar-refractivity contribution in [3.63, 3.8) is 0 Å². The molecule has 0 rings (SSSR count). The number of aliphatic hydroxyl groups is 2. The second-order valence-corrected chi connectivity index (χ2v) is 14.8. The zero-order valence-corrected chi connectivity index (χ0v) is 33.8. The summed E-state index contributed by atoms with van der Waals surface area (Å²) in [7, 11) is 0. The van der Waals surface area contributed by atoms with E-state index in [-0.39, 0.29) is 31.6 Å². The van der Waals surface area contributed by atoms with Gasteiger partial charge < -0.3 is 69.1 Å². The standard InChI is InChI=1S/C35H61N9O14/c1-15(2)12-21(35(57)58)40-30(52)20(9-10-23(37)47)39-31(53)22(14-45)41-33(55)27(17(5)6)42-24(48)13-38-32(54)26(16(3)4)43-34(56)28(18(7)46)44-29(51)19(36)8-11-25(49)50/h15-22,26-28,45-46H,8-14,36H2,1-7H3,(H2,37,47)(H,38,54)(H,39,53)(H,40,52)(H,41,55)(H,42,48)(H,43,56)(H,44,51)(H,49,50)(H,57,58)/t18-,19+,20+,21+,22+,26+,27+,28+/m1/s1. The lowest BCUT2D eigenvalue weighted by Crippen LogP contribution is -2.61. The van der Waals surface area contributed by atoms with Gasteiger partial charge in [0.05, 0.1) is 25.3 Å². The molecule has 0 aromatic carbocycles. The normalized spacial score (nSPS) is 15.3. The van der Waals surface area contributed by atoms with E-state index in [1.165, 1.54) is 20.8 Å². The fourth-order valence-corrected chi connectivity index (χ4v) is 5.14. The molecule has 8 amide bonds. The molecular formula is C35H61N9O14. The molecule has 0 aromatic heterocycles. The fourth-order valence-electron chi connectivity index (χ4n) is 5.14. The van der Waals surface area contributed by atoms with Crippen LogP contribution in [0.1, 0.15) is 80.6 Å². The quantitative estimate of drug-likeness (QED) is 0.0370. The van der Waals surface area contributed by atoms with E-state index in [1.807, 2.05) is 0 Å². The number of hydrogen-bond donors (Lipinski definition) is 13. The van der Waals surface area contributed by atoms with Gasteiger partial charge in [0, 0.05) is 12.8 Å². The van der Waals surface area contributed by atoms with Crippen molar-refractivity contribution in [3.05, 3.63) is 0 Å². The van der Waals surface area contributed by atoms with E-state index in [2.05, 4.69) is 37.2 Å². The molecule has 23 nitrogen and oxygen atoms in total. The highest BCUT2D eigenvalue weighted by Crippen LogP contribution is 2.09. The minimum absolute atomic E-state index is 0.0505. The molecule has 0 bridgehead atoms. The van der Waals surface area contributed by atoms with Gasteiger partial charge in [-0.2, -0.15) is 0 Å². The predicted molar refractivity (Wildman–Crippen MR) is 203 cm³/mol. The van der Waals surface area contributed by atoms with Gasteiger partial charge in [-0.25, -0.2) is 4.79 Å². The van der Waals surface area contributed by atoms with Gasteiger partial charge in [-0.3, -0.25) is 43.2 Å². The summed E-state index contributed by atoms with van der Waals surface area (Å²) >= 11 is 0. The summed E-state index contributed by atoms with van der Waals surface area (Å²) < 4.78 is 0. The number of nitrogens with one attached hydrogen (secondary N) is 7. The Labute approximate surface area is 335 Å². The molecule has 0 radical (unpaired) electrons. The molecule has 23 heteroatoms. The van der Waals surface area contributed by atoms with Gasteiger partial charge in [0.25, 0.3) is 0 Å². The van der Waals surface area contributed by atoms with E-state index < -0.39 is 139 Å². The average molecular weight is 832 g/mol. The zero-order valence-electron chi connectivity index (χ0n) is 33.8. The Balaban J connectivity index is 5.69. The van der Waals surface area contributed by atoms with E-state index in [4.69, 9.17) is 16.6 Å². The molecule has 0 saturated heterocycles. The van der Waals surface area contributed by atoms with Crippen molar-refractivity contribution in [1.82, 2.24) is 37.2 Å². The van der Waals surface area contributed by atoms with Crippen LogP contribution in [-0.4, -0.2) is 141 Å². The van der Waals surface area contributed by atoms with Gasteiger partial charge in [0.2, 0.25) is 47.3 Å². The number of rotatable bonds is 27. The lowest BCUT2D eigenvalue weighted by molar-refractivity contribution is -0.143. The van der Waals surface area contributed by atoms with Gasteiger partial charge in [-0.15, -0.1) is 0 Å². The van der Waals surface area contributed by atoms with E-state index in [9.17, 15) is 63.3 Å². The highest BCUT2D eigenvalue weighted by molar-refractivity contribution is 5.97. The Morgan fingerprint density at radius 1 is 0.569 bits per heavy atom. The maximum atomic E-state index is 13.3. The Bertz CT molecular complexity index is 1470. The Hall–Kier alpha value is -5.42. The van der Waals surface area contributed by atoms with E-state index in [0.717, 1.165) is 0 Å². The monoisotopic (exact) mass is 831 g/mol. The Morgan fingerprint density at radius 3 is 1.52 bits per heavy atom. The van der Waals surface area contributed by atoms with Crippen LogP contribution in [0.25, 0.3) is 0 Å². The van der Waals surface area contributed by atoms with Crippen LogP contribution in [0.15, 0.2) is 0 Å². The lowest BCUT2D eigenvalue weighted by Gasteiger charge is -2.27. The molecule has 330 valence electrons. The second kappa shape index (κ2) is 25.8. The molecular weight excluding hydrogens is 770 g/mol. The number of nitrogens with two attached hydrogens (primary N) is 2. The maximum Gasteiger partial charge on any atom is 0.326 e. The van der Waals surface area contributed by atoms with Crippen LogP contribution in [0, 0.1) is 17.8 Å². The van der Waals surface area contributed by atoms with Crippen LogP contribution in [0.5, 0.6) is 0 Å². The molecule has 0 aliphatic rings. The third-order valence-corrected chi connectivity index (χ3v) is 8.45. The lowest BCUT2D eigenvalue weighted by atomic mass is 10.0. The molecule has 58 heavy (non-hydrogen) atoms. The predicted octanol–water partition coefficient (Wildman–Crippen LogP) is -4.72.